The minimum atomic E-state index is 0.213. The number of nitrogens with one attached hydrogen (secondary N) is 1. The van der Waals surface area contributed by atoms with Gasteiger partial charge in [-0.1, -0.05) is 58.0 Å². The van der Waals surface area contributed by atoms with Crippen molar-refractivity contribution in [1.82, 2.24) is 0 Å². The van der Waals surface area contributed by atoms with Crippen LogP contribution in [0.25, 0.3) is 0 Å². The second-order valence-corrected chi connectivity index (χ2v) is 7.42. The van der Waals surface area contributed by atoms with Gasteiger partial charge in [0, 0.05) is 10.9 Å². The molecule has 1 aliphatic heterocycles. The largest absolute Gasteiger partial charge is 0.335 e. The van der Waals surface area contributed by atoms with E-state index in [4.69, 9.17) is 0 Å². The van der Waals surface area contributed by atoms with E-state index in [-0.39, 0.29) is 5.41 Å². The van der Waals surface area contributed by atoms with Crippen molar-refractivity contribution >= 4 is 22.6 Å². The predicted octanol–water partition coefficient (Wildman–Crippen LogP) is 4.67. The summed E-state index contributed by atoms with van der Waals surface area (Å²) >= 11 is 1.88. The van der Waals surface area contributed by atoms with Crippen molar-refractivity contribution in [2.24, 2.45) is 4.99 Å². The molecule has 3 heteroatoms. The molecule has 0 radical (unpaired) electrons. The van der Waals surface area contributed by atoms with Crippen molar-refractivity contribution in [3.63, 3.8) is 0 Å². The predicted molar refractivity (Wildman–Crippen MR) is 87.4 cm³/mol. The van der Waals surface area contributed by atoms with E-state index < -0.39 is 0 Å². The van der Waals surface area contributed by atoms with Gasteiger partial charge in [-0.15, -0.1) is 0 Å². The normalized spacial score (nSPS) is 19.4. The number of thioether (sulfide) groups is 1. The van der Waals surface area contributed by atoms with Crippen molar-refractivity contribution in [1.29, 1.82) is 0 Å². The number of anilines is 1. The van der Waals surface area contributed by atoms with Gasteiger partial charge in [-0.25, -0.2) is 0 Å². The first kappa shape index (κ1) is 14.4. The number of nitrogens with zero attached hydrogens (tertiary/aromatic N) is 1. The van der Waals surface area contributed by atoms with Crippen LogP contribution >= 0.6 is 11.8 Å². The molecule has 1 aromatic rings. The van der Waals surface area contributed by atoms with Crippen molar-refractivity contribution in [2.75, 3.05) is 11.9 Å². The van der Waals surface area contributed by atoms with E-state index in [9.17, 15) is 0 Å². The Hall–Kier alpha value is -0.960. The number of hydrogen-bond acceptors (Lipinski definition) is 3. The summed E-state index contributed by atoms with van der Waals surface area (Å²) in [6, 6.07) is 8.70. The lowest BCUT2D eigenvalue weighted by Gasteiger charge is -2.19. The van der Waals surface area contributed by atoms with Crippen LogP contribution in [0.1, 0.15) is 46.1 Å². The van der Waals surface area contributed by atoms with Crippen molar-refractivity contribution in [2.45, 2.75) is 51.2 Å². The molecule has 0 saturated carbocycles. The van der Waals surface area contributed by atoms with E-state index in [1.165, 1.54) is 18.4 Å². The molecule has 0 spiro atoms. The fourth-order valence-corrected chi connectivity index (χ4v) is 3.28. The zero-order valence-corrected chi connectivity index (χ0v) is 13.2. The topological polar surface area (TPSA) is 24.4 Å². The van der Waals surface area contributed by atoms with E-state index in [0.717, 1.165) is 17.4 Å². The minimum Gasteiger partial charge on any atom is -0.335 e. The molecule has 2 nitrogen and oxygen atoms in total. The maximum Gasteiger partial charge on any atom is 0.161 e. The molecular weight excluding hydrogens is 252 g/mol. The van der Waals surface area contributed by atoms with Gasteiger partial charge in [0.25, 0.3) is 0 Å². The fourth-order valence-electron chi connectivity index (χ4n) is 2.14. The fraction of sp³-hybridized carbons (Fsp3) is 0.562. The lowest BCUT2D eigenvalue weighted by Crippen LogP contribution is -2.11. The average Bonchev–Trinajstić information content (AvgIpc) is 2.77. The van der Waals surface area contributed by atoms with E-state index in [2.05, 4.69) is 62.3 Å². The number of hydrogen-bond donors (Lipinski definition) is 1. The van der Waals surface area contributed by atoms with E-state index >= 15 is 0 Å². The molecule has 19 heavy (non-hydrogen) atoms. The summed E-state index contributed by atoms with van der Waals surface area (Å²) in [7, 11) is 0. The Morgan fingerprint density at radius 2 is 1.95 bits per heavy atom. The first-order valence-electron chi connectivity index (χ1n) is 7.07. The third-order valence-corrected chi connectivity index (χ3v) is 4.50. The molecule has 1 unspecified atom stereocenters. The molecule has 0 aliphatic carbocycles. The van der Waals surface area contributed by atoms with Gasteiger partial charge >= 0.3 is 0 Å². The Morgan fingerprint density at radius 1 is 1.26 bits per heavy atom. The van der Waals surface area contributed by atoms with Gasteiger partial charge < -0.3 is 5.32 Å². The summed E-state index contributed by atoms with van der Waals surface area (Å²) in [4.78, 5) is 4.57. The summed E-state index contributed by atoms with van der Waals surface area (Å²) in [5.41, 5.74) is 2.71. The van der Waals surface area contributed by atoms with Gasteiger partial charge in [-0.05, 0) is 29.5 Å². The molecule has 0 fully saturated rings. The molecule has 0 aromatic heterocycles. The van der Waals surface area contributed by atoms with Crippen molar-refractivity contribution < 1.29 is 0 Å². The lowest BCUT2D eigenvalue weighted by atomic mass is 9.87. The molecule has 1 N–H and O–H groups in total. The van der Waals surface area contributed by atoms with Crippen LogP contribution < -0.4 is 5.32 Å². The minimum absolute atomic E-state index is 0.213. The maximum absolute atomic E-state index is 4.57. The SMILES string of the molecule is CCCC1CN=C(Nc2ccc(C(C)(C)C)cc2)S1. The number of aliphatic imine (C=N–C) groups is 1. The summed E-state index contributed by atoms with van der Waals surface area (Å²) in [5.74, 6) is 0. The monoisotopic (exact) mass is 276 g/mol. The second-order valence-electron chi connectivity index (χ2n) is 6.13. The van der Waals surface area contributed by atoms with E-state index in [1.54, 1.807) is 0 Å². The molecule has 1 atom stereocenters. The van der Waals surface area contributed by atoms with Gasteiger partial charge in [-0.3, -0.25) is 4.99 Å². The van der Waals surface area contributed by atoms with Gasteiger partial charge in [0.05, 0.1) is 6.54 Å². The maximum atomic E-state index is 4.57. The van der Waals surface area contributed by atoms with Crippen LogP contribution in [0, 0.1) is 0 Å². The molecule has 1 heterocycles. The van der Waals surface area contributed by atoms with Crippen LogP contribution in [0.2, 0.25) is 0 Å². The Morgan fingerprint density at radius 3 is 2.53 bits per heavy atom. The van der Waals surface area contributed by atoms with Crippen LogP contribution in [0.5, 0.6) is 0 Å². The standard InChI is InChI=1S/C16H24N2S/c1-5-6-14-11-17-15(19-14)18-13-9-7-12(8-10-13)16(2,3)4/h7-10,14H,5-6,11H2,1-4H3,(H,17,18). The molecular formula is C16H24N2S. The van der Waals surface area contributed by atoms with E-state index in [1.807, 2.05) is 11.8 Å². The quantitative estimate of drug-likeness (QED) is 0.867. The van der Waals surface area contributed by atoms with Crippen LogP contribution in [0.4, 0.5) is 5.69 Å². The Labute approximate surface area is 121 Å². The van der Waals surface area contributed by atoms with E-state index in [0.29, 0.717) is 5.25 Å². The van der Waals surface area contributed by atoms with Gasteiger partial charge in [-0.2, -0.15) is 0 Å². The Balaban J connectivity index is 1.94. The van der Waals surface area contributed by atoms with Crippen LogP contribution in [0.15, 0.2) is 29.3 Å². The summed E-state index contributed by atoms with van der Waals surface area (Å²) in [6.07, 6.45) is 2.49. The first-order chi connectivity index (χ1) is 8.99. The molecule has 0 bridgehead atoms. The smallest absolute Gasteiger partial charge is 0.161 e. The highest BCUT2D eigenvalue weighted by Gasteiger charge is 2.19. The van der Waals surface area contributed by atoms with Gasteiger partial charge in [0.2, 0.25) is 0 Å². The number of benzene rings is 1. The summed E-state index contributed by atoms with van der Waals surface area (Å²) in [6.45, 7) is 9.91. The highest BCUT2D eigenvalue weighted by atomic mass is 32.2. The van der Waals surface area contributed by atoms with Crippen LogP contribution in [0.3, 0.4) is 0 Å². The van der Waals surface area contributed by atoms with Crippen LogP contribution in [-0.2, 0) is 5.41 Å². The van der Waals surface area contributed by atoms with Crippen molar-refractivity contribution in [3.05, 3.63) is 29.8 Å². The third kappa shape index (κ3) is 4.00. The zero-order chi connectivity index (χ0) is 13.9. The van der Waals surface area contributed by atoms with Crippen molar-refractivity contribution in [3.8, 4) is 0 Å². The Bertz CT molecular complexity index is 443. The zero-order valence-electron chi connectivity index (χ0n) is 12.4. The average molecular weight is 276 g/mol. The number of amidine groups is 1. The molecule has 2 rings (SSSR count). The summed E-state index contributed by atoms with van der Waals surface area (Å²) < 4.78 is 0. The third-order valence-electron chi connectivity index (χ3n) is 3.33. The molecule has 0 amide bonds. The molecule has 1 aliphatic rings. The van der Waals surface area contributed by atoms with Gasteiger partial charge in [0.1, 0.15) is 0 Å². The van der Waals surface area contributed by atoms with Gasteiger partial charge in [0.15, 0.2) is 5.17 Å². The first-order valence-corrected chi connectivity index (χ1v) is 7.95. The Kier molecular flexibility index (Phi) is 4.56. The summed E-state index contributed by atoms with van der Waals surface area (Å²) in [5, 5.41) is 5.16. The molecule has 104 valence electrons. The molecule has 0 saturated heterocycles. The molecule has 1 aromatic carbocycles. The number of rotatable bonds is 3. The second kappa shape index (κ2) is 6.00. The lowest BCUT2D eigenvalue weighted by molar-refractivity contribution is 0.590. The van der Waals surface area contributed by atoms with Crippen LogP contribution in [-0.4, -0.2) is 17.0 Å². The highest BCUT2D eigenvalue weighted by Crippen LogP contribution is 2.27. The highest BCUT2D eigenvalue weighted by molar-refractivity contribution is 8.15.